The Morgan fingerprint density at radius 2 is 1.84 bits per heavy atom. The van der Waals surface area contributed by atoms with E-state index in [2.05, 4.69) is 22.3 Å². The molecule has 1 aliphatic heterocycles. The SMILES string of the molecule is O=C(OCC1CN(Cc2ccccc2)CCO1)c1ccc(NC(=O)c2ccco2)cc1. The summed E-state index contributed by atoms with van der Waals surface area (Å²) in [6.07, 6.45) is 1.28. The van der Waals surface area contributed by atoms with Crippen LogP contribution in [-0.2, 0) is 16.0 Å². The molecule has 0 radical (unpaired) electrons. The van der Waals surface area contributed by atoms with Crippen LogP contribution in [0.3, 0.4) is 0 Å². The Morgan fingerprint density at radius 3 is 2.58 bits per heavy atom. The first kappa shape index (κ1) is 20.8. The number of carbonyl (C=O) groups excluding carboxylic acids is 2. The van der Waals surface area contributed by atoms with E-state index >= 15 is 0 Å². The molecule has 4 rings (SSSR count). The first-order chi connectivity index (χ1) is 15.2. The Morgan fingerprint density at radius 1 is 1.03 bits per heavy atom. The highest BCUT2D eigenvalue weighted by Crippen LogP contribution is 2.14. The van der Waals surface area contributed by atoms with Gasteiger partial charge < -0.3 is 19.2 Å². The fourth-order valence-corrected chi connectivity index (χ4v) is 3.41. The first-order valence-corrected chi connectivity index (χ1v) is 10.2. The highest BCUT2D eigenvalue weighted by Gasteiger charge is 2.22. The molecular formula is C24H24N2O5. The van der Waals surface area contributed by atoms with E-state index in [1.165, 1.54) is 11.8 Å². The zero-order valence-electron chi connectivity index (χ0n) is 17.0. The van der Waals surface area contributed by atoms with Crippen LogP contribution in [0.15, 0.2) is 77.4 Å². The number of carbonyl (C=O) groups is 2. The van der Waals surface area contributed by atoms with Crippen molar-refractivity contribution in [1.29, 1.82) is 0 Å². The van der Waals surface area contributed by atoms with Crippen molar-refractivity contribution >= 4 is 17.6 Å². The number of esters is 1. The van der Waals surface area contributed by atoms with Crippen molar-refractivity contribution in [3.63, 3.8) is 0 Å². The molecule has 7 nitrogen and oxygen atoms in total. The number of hydrogen-bond donors (Lipinski definition) is 1. The number of rotatable bonds is 7. The molecule has 1 amide bonds. The Balaban J connectivity index is 1.25. The van der Waals surface area contributed by atoms with Crippen molar-refractivity contribution in [3.8, 4) is 0 Å². The summed E-state index contributed by atoms with van der Waals surface area (Å²) >= 11 is 0. The third kappa shape index (κ3) is 5.81. The summed E-state index contributed by atoms with van der Waals surface area (Å²) < 4.78 is 16.3. The van der Waals surface area contributed by atoms with Gasteiger partial charge in [0.25, 0.3) is 5.91 Å². The van der Waals surface area contributed by atoms with Gasteiger partial charge in [-0.1, -0.05) is 30.3 Å². The summed E-state index contributed by atoms with van der Waals surface area (Å²) in [4.78, 5) is 26.7. The molecule has 0 spiro atoms. The van der Waals surface area contributed by atoms with E-state index in [1.807, 2.05) is 18.2 Å². The Hall–Kier alpha value is -3.42. The van der Waals surface area contributed by atoms with Gasteiger partial charge >= 0.3 is 5.97 Å². The molecular weight excluding hydrogens is 396 g/mol. The summed E-state index contributed by atoms with van der Waals surface area (Å²) in [5.41, 5.74) is 2.22. The second kappa shape index (κ2) is 10.1. The van der Waals surface area contributed by atoms with Gasteiger partial charge in [0.2, 0.25) is 0 Å². The van der Waals surface area contributed by atoms with Crippen LogP contribution in [0.5, 0.6) is 0 Å². The number of hydrogen-bond acceptors (Lipinski definition) is 6. The van der Waals surface area contributed by atoms with Crippen LogP contribution in [0.2, 0.25) is 0 Å². The molecule has 2 aromatic carbocycles. The van der Waals surface area contributed by atoms with Crippen LogP contribution >= 0.6 is 0 Å². The molecule has 0 bridgehead atoms. The number of morpholine rings is 1. The van der Waals surface area contributed by atoms with E-state index in [-0.39, 0.29) is 24.4 Å². The van der Waals surface area contributed by atoms with Gasteiger partial charge in [-0.25, -0.2) is 4.79 Å². The summed E-state index contributed by atoms with van der Waals surface area (Å²) in [5, 5.41) is 2.71. The van der Waals surface area contributed by atoms with Crippen molar-refractivity contribution in [2.24, 2.45) is 0 Å². The van der Waals surface area contributed by atoms with Crippen LogP contribution in [0.4, 0.5) is 5.69 Å². The van der Waals surface area contributed by atoms with Crippen molar-refractivity contribution in [2.75, 3.05) is 31.6 Å². The van der Waals surface area contributed by atoms with Gasteiger partial charge in [0.15, 0.2) is 5.76 Å². The molecule has 1 saturated heterocycles. The van der Waals surface area contributed by atoms with Crippen molar-refractivity contribution < 1.29 is 23.5 Å². The normalized spacial score (nSPS) is 16.6. The predicted molar refractivity (Wildman–Crippen MR) is 115 cm³/mol. The average molecular weight is 420 g/mol. The molecule has 0 saturated carbocycles. The van der Waals surface area contributed by atoms with Crippen LogP contribution in [0.1, 0.15) is 26.5 Å². The van der Waals surface area contributed by atoms with Gasteiger partial charge in [-0.15, -0.1) is 0 Å². The Kier molecular flexibility index (Phi) is 6.76. The van der Waals surface area contributed by atoms with Gasteiger partial charge in [0, 0.05) is 25.3 Å². The third-order valence-corrected chi connectivity index (χ3v) is 5.00. The number of furan rings is 1. The molecule has 31 heavy (non-hydrogen) atoms. The van der Waals surface area contributed by atoms with Gasteiger partial charge in [-0.3, -0.25) is 9.69 Å². The van der Waals surface area contributed by atoms with Crippen molar-refractivity contribution in [3.05, 3.63) is 89.9 Å². The Labute approximate surface area is 180 Å². The fourth-order valence-electron chi connectivity index (χ4n) is 3.41. The molecule has 3 aromatic rings. The fraction of sp³-hybridized carbons (Fsp3) is 0.250. The number of amides is 1. The molecule has 1 N–H and O–H groups in total. The van der Waals surface area contributed by atoms with E-state index in [4.69, 9.17) is 13.9 Å². The maximum absolute atomic E-state index is 12.4. The second-order valence-electron chi connectivity index (χ2n) is 7.32. The predicted octanol–water partition coefficient (Wildman–Crippen LogP) is 3.59. The average Bonchev–Trinajstić information content (AvgIpc) is 3.34. The summed E-state index contributed by atoms with van der Waals surface area (Å²) in [6, 6.07) is 20.0. The second-order valence-corrected chi connectivity index (χ2v) is 7.32. The maximum Gasteiger partial charge on any atom is 0.338 e. The van der Waals surface area contributed by atoms with E-state index in [1.54, 1.807) is 36.4 Å². The minimum absolute atomic E-state index is 0.159. The molecule has 1 aliphatic rings. The van der Waals surface area contributed by atoms with Crippen LogP contribution in [0, 0.1) is 0 Å². The van der Waals surface area contributed by atoms with Crippen LogP contribution < -0.4 is 5.32 Å². The van der Waals surface area contributed by atoms with Crippen molar-refractivity contribution in [1.82, 2.24) is 4.90 Å². The Bertz CT molecular complexity index is 987. The van der Waals surface area contributed by atoms with Crippen LogP contribution in [0.25, 0.3) is 0 Å². The highest BCUT2D eigenvalue weighted by atomic mass is 16.6. The summed E-state index contributed by atoms with van der Waals surface area (Å²) in [6.45, 7) is 3.21. The van der Waals surface area contributed by atoms with Gasteiger partial charge in [0.05, 0.1) is 18.4 Å². The number of ether oxygens (including phenoxy) is 2. The minimum Gasteiger partial charge on any atom is -0.459 e. The van der Waals surface area contributed by atoms with Crippen LogP contribution in [-0.4, -0.2) is 49.2 Å². The quantitative estimate of drug-likeness (QED) is 0.589. The number of nitrogens with one attached hydrogen (secondary N) is 1. The molecule has 1 fully saturated rings. The molecule has 0 aliphatic carbocycles. The molecule has 1 atom stereocenters. The van der Waals surface area contributed by atoms with E-state index in [0.717, 1.165) is 13.1 Å². The lowest BCUT2D eigenvalue weighted by molar-refractivity contribution is -0.0612. The van der Waals surface area contributed by atoms with Gasteiger partial charge in [-0.05, 0) is 42.0 Å². The standard InChI is InChI=1S/C24H24N2O5/c27-23(22-7-4-13-30-22)25-20-10-8-19(9-11-20)24(28)31-17-21-16-26(12-14-29-21)15-18-5-2-1-3-6-18/h1-11,13,21H,12,14-17H2,(H,25,27). The molecule has 2 heterocycles. The highest BCUT2D eigenvalue weighted by molar-refractivity contribution is 6.02. The lowest BCUT2D eigenvalue weighted by Gasteiger charge is -2.32. The van der Waals surface area contributed by atoms with Crippen molar-refractivity contribution in [2.45, 2.75) is 12.6 Å². The maximum atomic E-state index is 12.4. The van der Waals surface area contributed by atoms with Gasteiger partial charge in [-0.2, -0.15) is 0 Å². The number of benzene rings is 2. The summed E-state index contributed by atoms with van der Waals surface area (Å²) in [5.74, 6) is -0.556. The van der Waals surface area contributed by atoms with E-state index < -0.39 is 5.97 Å². The first-order valence-electron chi connectivity index (χ1n) is 10.2. The lowest BCUT2D eigenvalue weighted by atomic mass is 10.2. The molecule has 7 heteroatoms. The molecule has 1 aromatic heterocycles. The van der Waals surface area contributed by atoms with Gasteiger partial charge in [0.1, 0.15) is 12.7 Å². The van der Waals surface area contributed by atoms with E-state index in [9.17, 15) is 9.59 Å². The largest absolute Gasteiger partial charge is 0.459 e. The topological polar surface area (TPSA) is 81.0 Å². The smallest absolute Gasteiger partial charge is 0.338 e. The number of nitrogens with zero attached hydrogens (tertiary/aromatic N) is 1. The zero-order chi connectivity index (χ0) is 21.5. The summed E-state index contributed by atoms with van der Waals surface area (Å²) in [7, 11) is 0. The monoisotopic (exact) mass is 420 g/mol. The number of anilines is 1. The third-order valence-electron chi connectivity index (χ3n) is 5.00. The zero-order valence-corrected chi connectivity index (χ0v) is 17.0. The van der Waals surface area contributed by atoms with E-state index in [0.29, 0.717) is 24.4 Å². The molecule has 1 unspecified atom stereocenters. The molecule has 160 valence electrons. The lowest BCUT2D eigenvalue weighted by Crippen LogP contribution is -2.44. The minimum atomic E-state index is -0.423.